The molecule has 0 bridgehead atoms. The second-order valence-electron chi connectivity index (χ2n) is 4.85. The van der Waals surface area contributed by atoms with Gasteiger partial charge in [0.05, 0.1) is 0 Å². The van der Waals surface area contributed by atoms with Crippen molar-refractivity contribution in [2.75, 3.05) is 0 Å². The normalized spacial score (nSPS) is 12.2. The van der Waals surface area contributed by atoms with Crippen LogP contribution in [0.4, 0.5) is 8.78 Å². The molecule has 0 saturated heterocycles. The summed E-state index contributed by atoms with van der Waals surface area (Å²) >= 11 is 0. The minimum atomic E-state index is -0.475. The summed E-state index contributed by atoms with van der Waals surface area (Å²) in [6.07, 6.45) is 0.790. The molecule has 20 heavy (non-hydrogen) atoms. The molecule has 1 atom stereocenters. The quantitative estimate of drug-likeness (QED) is 0.908. The van der Waals surface area contributed by atoms with E-state index >= 15 is 0 Å². The number of halogens is 2. The van der Waals surface area contributed by atoms with E-state index in [1.807, 2.05) is 19.1 Å². The molecule has 106 valence electrons. The molecule has 2 nitrogen and oxygen atoms in total. The maximum Gasteiger partial charge on any atom is 0.130 e. The van der Waals surface area contributed by atoms with Gasteiger partial charge in [0.2, 0.25) is 0 Å². The Morgan fingerprint density at radius 3 is 2.45 bits per heavy atom. The smallest absolute Gasteiger partial charge is 0.130 e. The van der Waals surface area contributed by atoms with E-state index < -0.39 is 11.6 Å². The fourth-order valence-corrected chi connectivity index (χ4v) is 1.91. The Kier molecular flexibility index (Phi) is 4.69. The highest BCUT2D eigenvalue weighted by Gasteiger charge is 2.05. The van der Waals surface area contributed by atoms with Crippen molar-refractivity contribution >= 4 is 0 Å². The predicted molar refractivity (Wildman–Crippen MR) is 74.5 cm³/mol. The minimum Gasteiger partial charge on any atom is -0.489 e. The zero-order chi connectivity index (χ0) is 14.5. The second kappa shape index (κ2) is 6.48. The summed E-state index contributed by atoms with van der Waals surface area (Å²) in [7, 11) is 0. The van der Waals surface area contributed by atoms with Gasteiger partial charge in [0.15, 0.2) is 0 Å². The van der Waals surface area contributed by atoms with Crippen molar-refractivity contribution in [1.82, 2.24) is 0 Å². The van der Waals surface area contributed by atoms with Gasteiger partial charge in [0.25, 0.3) is 0 Å². The standard InChI is InChI=1S/C16H17F2NO/c1-11(19)8-12-2-5-15(6-3-12)20-10-13-9-14(17)4-7-16(13)18/h2-7,9,11H,8,10,19H2,1H3. The highest BCUT2D eigenvalue weighted by atomic mass is 19.1. The first-order chi connectivity index (χ1) is 9.54. The maximum absolute atomic E-state index is 13.4. The van der Waals surface area contributed by atoms with E-state index in [4.69, 9.17) is 10.5 Å². The van der Waals surface area contributed by atoms with Gasteiger partial charge < -0.3 is 10.5 Å². The Bertz CT molecular complexity index is 567. The van der Waals surface area contributed by atoms with Crippen LogP contribution in [-0.4, -0.2) is 6.04 Å². The van der Waals surface area contributed by atoms with Crippen LogP contribution >= 0.6 is 0 Å². The number of hydrogen-bond donors (Lipinski definition) is 1. The first-order valence-corrected chi connectivity index (χ1v) is 6.46. The molecular weight excluding hydrogens is 260 g/mol. The molecule has 0 fully saturated rings. The Morgan fingerprint density at radius 1 is 1.10 bits per heavy atom. The Balaban J connectivity index is 1.98. The van der Waals surface area contributed by atoms with E-state index in [1.54, 1.807) is 12.1 Å². The zero-order valence-corrected chi connectivity index (χ0v) is 11.3. The number of ether oxygens (including phenoxy) is 1. The molecule has 0 spiro atoms. The lowest BCUT2D eigenvalue weighted by molar-refractivity contribution is 0.299. The SMILES string of the molecule is CC(N)Cc1ccc(OCc2cc(F)ccc2F)cc1. The average Bonchev–Trinajstić information content (AvgIpc) is 2.41. The molecule has 0 radical (unpaired) electrons. The molecule has 0 heterocycles. The molecule has 1 unspecified atom stereocenters. The summed E-state index contributed by atoms with van der Waals surface area (Å²) in [5.41, 5.74) is 7.03. The zero-order valence-electron chi connectivity index (χ0n) is 11.3. The lowest BCUT2D eigenvalue weighted by Crippen LogP contribution is -2.17. The van der Waals surface area contributed by atoms with Crippen molar-refractivity contribution in [2.24, 2.45) is 5.73 Å². The van der Waals surface area contributed by atoms with Gasteiger partial charge in [-0.2, -0.15) is 0 Å². The monoisotopic (exact) mass is 277 g/mol. The third-order valence-electron chi connectivity index (χ3n) is 2.88. The summed E-state index contributed by atoms with van der Waals surface area (Å²) in [5, 5.41) is 0. The number of nitrogens with two attached hydrogens (primary N) is 1. The van der Waals surface area contributed by atoms with Crippen molar-refractivity contribution in [1.29, 1.82) is 0 Å². The van der Waals surface area contributed by atoms with Gasteiger partial charge in [-0.25, -0.2) is 8.78 Å². The van der Waals surface area contributed by atoms with Crippen molar-refractivity contribution in [3.05, 3.63) is 65.2 Å². The predicted octanol–water partition coefficient (Wildman–Crippen LogP) is 3.43. The Hall–Kier alpha value is -1.94. The van der Waals surface area contributed by atoms with Crippen LogP contribution in [0.2, 0.25) is 0 Å². The first-order valence-electron chi connectivity index (χ1n) is 6.46. The largest absolute Gasteiger partial charge is 0.489 e. The van der Waals surface area contributed by atoms with E-state index in [2.05, 4.69) is 0 Å². The van der Waals surface area contributed by atoms with Crippen LogP contribution in [-0.2, 0) is 13.0 Å². The molecule has 2 aromatic rings. The molecule has 2 aromatic carbocycles. The summed E-state index contributed by atoms with van der Waals surface area (Å²) in [4.78, 5) is 0. The summed E-state index contributed by atoms with van der Waals surface area (Å²) < 4.78 is 31.9. The van der Waals surface area contributed by atoms with Gasteiger partial charge >= 0.3 is 0 Å². The summed E-state index contributed by atoms with van der Waals surface area (Å²) in [5.74, 6) is -0.334. The molecule has 2 rings (SSSR count). The number of benzene rings is 2. The average molecular weight is 277 g/mol. The molecule has 4 heteroatoms. The molecule has 0 amide bonds. The molecule has 0 aromatic heterocycles. The van der Waals surface area contributed by atoms with Gasteiger partial charge in [-0.3, -0.25) is 0 Å². The topological polar surface area (TPSA) is 35.2 Å². The van der Waals surface area contributed by atoms with E-state index in [0.717, 1.165) is 30.2 Å². The van der Waals surface area contributed by atoms with Crippen LogP contribution in [0.3, 0.4) is 0 Å². The number of rotatable bonds is 5. The van der Waals surface area contributed by atoms with Crippen LogP contribution in [0, 0.1) is 11.6 Å². The summed E-state index contributed by atoms with van der Waals surface area (Å²) in [6, 6.07) is 10.9. The Labute approximate surface area is 117 Å². The third-order valence-corrected chi connectivity index (χ3v) is 2.88. The fourth-order valence-electron chi connectivity index (χ4n) is 1.91. The highest BCUT2D eigenvalue weighted by molar-refractivity contribution is 5.28. The fraction of sp³-hybridized carbons (Fsp3) is 0.250. The van der Waals surface area contributed by atoms with Gasteiger partial charge in [-0.05, 0) is 49.2 Å². The van der Waals surface area contributed by atoms with Crippen molar-refractivity contribution < 1.29 is 13.5 Å². The van der Waals surface area contributed by atoms with Crippen LogP contribution in [0.15, 0.2) is 42.5 Å². The van der Waals surface area contributed by atoms with Crippen molar-refractivity contribution in [3.8, 4) is 5.75 Å². The van der Waals surface area contributed by atoms with Crippen molar-refractivity contribution in [2.45, 2.75) is 26.0 Å². The molecule has 0 aliphatic rings. The van der Waals surface area contributed by atoms with Crippen LogP contribution in [0.25, 0.3) is 0 Å². The van der Waals surface area contributed by atoms with Crippen LogP contribution < -0.4 is 10.5 Å². The van der Waals surface area contributed by atoms with Crippen LogP contribution in [0.5, 0.6) is 5.75 Å². The first kappa shape index (κ1) is 14.5. The molecule has 0 saturated carbocycles. The molecule has 2 N–H and O–H groups in total. The van der Waals surface area contributed by atoms with Crippen molar-refractivity contribution in [3.63, 3.8) is 0 Å². The lowest BCUT2D eigenvalue weighted by Gasteiger charge is -2.09. The molecule has 0 aliphatic carbocycles. The molecular formula is C16H17F2NO. The third kappa shape index (κ3) is 4.03. The minimum absolute atomic E-state index is 0.00374. The van der Waals surface area contributed by atoms with Gasteiger partial charge in [0, 0.05) is 11.6 Å². The molecule has 0 aliphatic heterocycles. The van der Waals surface area contributed by atoms with E-state index in [1.165, 1.54) is 0 Å². The highest BCUT2D eigenvalue weighted by Crippen LogP contribution is 2.17. The summed E-state index contributed by atoms with van der Waals surface area (Å²) in [6.45, 7) is 1.94. The van der Waals surface area contributed by atoms with E-state index in [0.29, 0.717) is 5.75 Å². The lowest BCUT2D eigenvalue weighted by atomic mass is 10.1. The van der Waals surface area contributed by atoms with E-state index in [9.17, 15) is 8.78 Å². The van der Waals surface area contributed by atoms with Gasteiger partial charge in [-0.15, -0.1) is 0 Å². The van der Waals surface area contributed by atoms with E-state index in [-0.39, 0.29) is 18.2 Å². The van der Waals surface area contributed by atoms with Crippen LogP contribution in [0.1, 0.15) is 18.1 Å². The van der Waals surface area contributed by atoms with Gasteiger partial charge in [0.1, 0.15) is 24.0 Å². The number of hydrogen-bond acceptors (Lipinski definition) is 2. The maximum atomic E-state index is 13.4. The second-order valence-corrected chi connectivity index (χ2v) is 4.85. The Morgan fingerprint density at radius 2 is 1.80 bits per heavy atom. The van der Waals surface area contributed by atoms with Gasteiger partial charge in [-0.1, -0.05) is 12.1 Å².